The Morgan fingerprint density at radius 3 is 1.51 bits per heavy atom. The number of nitrogens with one attached hydrogen (secondary N) is 5. The molecule has 0 saturated heterocycles. The van der Waals surface area contributed by atoms with Crippen molar-refractivity contribution in [2.45, 2.75) is 85.1 Å². The number of aryl methyl sites for hydroxylation is 3. The van der Waals surface area contributed by atoms with Crippen LogP contribution in [0.1, 0.15) is 113 Å². The molecule has 0 spiro atoms. The number of anilines is 2. The minimum absolute atomic E-state index is 0.0949. The highest BCUT2D eigenvalue weighted by atomic mass is 16.6. The summed E-state index contributed by atoms with van der Waals surface area (Å²) in [5.74, 6) is -2.81. The van der Waals surface area contributed by atoms with Crippen LogP contribution in [0.3, 0.4) is 0 Å². The van der Waals surface area contributed by atoms with E-state index in [9.17, 15) is 33.6 Å². The van der Waals surface area contributed by atoms with E-state index in [-0.39, 0.29) is 69.6 Å². The van der Waals surface area contributed by atoms with E-state index >= 15 is 0 Å². The van der Waals surface area contributed by atoms with Crippen LogP contribution in [0.25, 0.3) is 0 Å². The number of carbonyl (C=O) groups excluding carboxylic acids is 7. The Labute approximate surface area is 431 Å². The summed E-state index contributed by atoms with van der Waals surface area (Å²) >= 11 is 0. The van der Waals surface area contributed by atoms with Crippen LogP contribution in [0.15, 0.2) is 128 Å². The van der Waals surface area contributed by atoms with Crippen LogP contribution in [0.4, 0.5) is 16.2 Å². The Morgan fingerprint density at radius 1 is 0.581 bits per heavy atom. The molecule has 0 saturated carbocycles. The third kappa shape index (κ3) is 15.7. The van der Waals surface area contributed by atoms with Gasteiger partial charge < -0.3 is 45.7 Å². The number of carbonyl (C=O) groups is 7. The summed E-state index contributed by atoms with van der Waals surface area (Å²) in [6.45, 7) is 15.3. The van der Waals surface area contributed by atoms with E-state index < -0.39 is 23.6 Å². The fourth-order valence-electron chi connectivity index (χ4n) is 8.45. The second-order valence-electron chi connectivity index (χ2n) is 18.4. The number of ether oxygens (including phenoxy) is 3. The van der Waals surface area contributed by atoms with E-state index in [2.05, 4.69) is 70.6 Å². The lowest BCUT2D eigenvalue weighted by Gasteiger charge is -2.31. The molecule has 16 nitrogen and oxygen atoms in total. The molecule has 4 aliphatic heterocycles. The van der Waals surface area contributed by atoms with Gasteiger partial charge in [-0.25, -0.2) is 14.4 Å². The molecule has 0 fully saturated rings. The Balaban J connectivity index is 1.23. The van der Waals surface area contributed by atoms with Crippen molar-refractivity contribution < 1.29 is 47.8 Å². The van der Waals surface area contributed by atoms with Crippen LogP contribution >= 0.6 is 0 Å². The van der Waals surface area contributed by atoms with Crippen molar-refractivity contribution in [2.24, 2.45) is 0 Å². The summed E-state index contributed by atoms with van der Waals surface area (Å²) in [4.78, 5) is 92.8. The SMILES string of the molecule is C=CC(=O)OCC(C)(COC(=O)C=C)NC(=O)OCCCCCCN(c1cc2ccc1CNC(=O)c1cccc(c1)C(=O)NCc1ccc(cc1)CNC(=O)c1cccc(c1)C(=O)NC2)c1c(C)cc(C)cc1C. The smallest absolute Gasteiger partial charge is 0.407 e. The van der Waals surface area contributed by atoms with Crippen molar-refractivity contribution in [1.29, 1.82) is 0 Å². The zero-order valence-electron chi connectivity index (χ0n) is 42.4. The van der Waals surface area contributed by atoms with Gasteiger partial charge in [0.25, 0.3) is 23.6 Å². The Kier molecular flexibility index (Phi) is 19.4. The van der Waals surface area contributed by atoms with E-state index in [1.54, 1.807) is 55.5 Å². The van der Waals surface area contributed by atoms with Crippen molar-refractivity contribution in [1.82, 2.24) is 26.6 Å². The first-order valence-electron chi connectivity index (χ1n) is 24.5. The van der Waals surface area contributed by atoms with Crippen molar-refractivity contribution in [2.75, 3.05) is 31.3 Å². The molecule has 5 N–H and O–H groups in total. The minimum atomic E-state index is -1.29. The molecule has 16 heteroatoms. The molecule has 0 radical (unpaired) electrons. The number of alkyl carbamates (subject to hydrolysis) is 1. The van der Waals surface area contributed by atoms with E-state index in [1.807, 2.05) is 49.4 Å². The summed E-state index contributed by atoms with van der Waals surface area (Å²) in [5, 5.41) is 14.6. The third-order valence-corrected chi connectivity index (χ3v) is 12.3. The molecule has 0 atom stereocenters. The van der Waals surface area contributed by atoms with Gasteiger partial charge in [-0.3, -0.25) is 19.2 Å². The molecule has 4 heterocycles. The minimum Gasteiger partial charge on any atom is -0.460 e. The van der Waals surface area contributed by atoms with Crippen LogP contribution < -0.4 is 31.5 Å². The maximum atomic E-state index is 13.9. The predicted molar refractivity (Wildman–Crippen MR) is 282 cm³/mol. The van der Waals surface area contributed by atoms with Crippen molar-refractivity contribution in [3.05, 3.63) is 190 Å². The summed E-state index contributed by atoms with van der Waals surface area (Å²) in [5.41, 5.74) is 8.31. The first-order chi connectivity index (χ1) is 35.5. The standard InChI is InChI=1S/C58H64N6O10/c1-7-50(65)73-36-58(6,37-74-51(66)8-2)63-57(71)72-26-12-10-9-11-25-64(52-39(4)27-38(3)28-40(52)5)49-29-43-23-24-48(49)35-62-56(70)47-18-14-16-45(31-47)54(68)60-33-42-21-19-41(20-22-42)32-59-53(67)44-15-13-17-46(30-44)55(69)61-34-43/h7-8,13-24,27-31H,1-2,9-12,25-26,32-37H2,3-6H3,(H,59,67)(H,60,68)(H,61,69)(H,62,70)(H,63,71). The summed E-state index contributed by atoms with van der Waals surface area (Å²) in [7, 11) is 0. The van der Waals surface area contributed by atoms with Gasteiger partial charge in [-0.1, -0.05) is 85.8 Å². The number of unbranched alkanes of at least 4 members (excludes halogenated alkanes) is 3. The Hall–Kier alpha value is -8.53. The van der Waals surface area contributed by atoms with Crippen molar-refractivity contribution in [3.8, 4) is 0 Å². The summed E-state index contributed by atoms with van der Waals surface area (Å²) in [6, 6.07) is 30.7. The molecule has 5 aromatic carbocycles. The molecule has 8 bridgehead atoms. The van der Waals surface area contributed by atoms with Gasteiger partial charge in [0.05, 0.1) is 6.61 Å². The van der Waals surface area contributed by atoms with E-state index in [4.69, 9.17) is 14.2 Å². The number of hydrogen-bond acceptors (Lipinski definition) is 11. The van der Waals surface area contributed by atoms with Gasteiger partial charge in [0, 0.05) is 78.5 Å². The van der Waals surface area contributed by atoms with Gasteiger partial charge in [-0.2, -0.15) is 0 Å². The van der Waals surface area contributed by atoms with Gasteiger partial charge in [0.1, 0.15) is 18.8 Å². The number of esters is 2. The Morgan fingerprint density at radius 2 is 1.03 bits per heavy atom. The van der Waals surface area contributed by atoms with E-state index in [0.29, 0.717) is 41.6 Å². The molecule has 0 aliphatic carbocycles. The number of hydrogen-bond donors (Lipinski definition) is 5. The van der Waals surface area contributed by atoms with Gasteiger partial charge in [0.2, 0.25) is 0 Å². The lowest BCUT2D eigenvalue weighted by atomic mass is 10.0. The monoisotopic (exact) mass is 1000 g/mol. The maximum Gasteiger partial charge on any atom is 0.407 e. The highest BCUT2D eigenvalue weighted by Crippen LogP contribution is 2.36. The highest BCUT2D eigenvalue weighted by molar-refractivity contribution is 6.00. The molecule has 5 aromatic rings. The van der Waals surface area contributed by atoms with Crippen LogP contribution in [0.2, 0.25) is 0 Å². The van der Waals surface area contributed by atoms with Gasteiger partial charge >= 0.3 is 18.0 Å². The van der Waals surface area contributed by atoms with E-state index in [0.717, 1.165) is 75.3 Å². The fraction of sp³-hybridized carbons (Fsp3) is 0.293. The number of benzene rings is 5. The zero-order valence-corrected chi connectivity index (χ0v) is 42.4. The average molecular weight is 1010 g/mol. The second-order valence-corrected chi connectivity index (χ2v) is 18.4. The molecule has 4 aliphatic rings. The zero-order chi connectivity index (χ0) is 53.2. The first kappa shape index (κ1) is 54.8. The Bertz CT molecular complexity index is 2850. The summed E-state index contributed by atoms with van der Waals surface area (Å²) in [6.07, 6.45) is 3.91. The molecular formula is C58H64N6O10. The molecular weight excluding hydrogens is 941 g/mol. The number of nitrogens with zero attached hydrogens (tertiary/aromatic N) is 1. The second kappa shape index (κ2) is 26.2. The number of amides is 5. The molecule has 0 aromatic heterocycles. The molecule has 9 rings (SSSR count). The predicted octanol–water partition coefficient (Wildman–Crippen LogP) is 8.29. The largest absolute Gasteiger partial charge is 0.460 e. The average Bonchev–Trinajstić information content (AvgIpc) is 3.40. The highest BCUT2D eigenvalue weighted by Gasteiger charge is 2.31. The molecule has 386 valence electrons. The van der Waals surface area contributed by atoms with Crippen LogP contribution in [-0.2, 0) is 50.0 Å². The lowest BCUT2D eigenvalue weighted by Crippen LogP contribution is -2.53. The molecule has 5 amide bonds. The maximum absolute atomic E-state index is 13.9. The van der Waals surface area contributed by atoms with Gasteiger partial charge in [0.15, 0.2) is 0 Å². The van der Waals surface area contributed by atoms with Crippen LogP contribution in [0.5, 0.6) is 0 Å². The molecule has 74 heavy (non-hydrogen) atoms. The van der Waals surface area contributed by atoms with Crippen LogP contribution in [-0.4, -0.2) is 73.6 Å². The van der Waals surface area contributed by atoms with Gasteiger partial charge in [-0.05, 0) is 123 Å². The molecule has 0 unspecified atom stereocenters. The number of rotatable bonds is 16. The van der Waals surface area contributed by atoms with E-state index in [1.165, 1.54) is 0 Å². The van der Waals surface area contributed by atoms with Crippen molar-refractivity contribution >= 4 is 53.0 Å². The topological polar surface area (TPSA) is 211 Å². The normalized spacial score (nSPS) is 13.1. The summed E-state index contributed by atoms with van der Waals surface area (Å²) < 4.78 is 15.7. The fourth-order valence-corrected chi connectivity index (χ4v) is 8.45. The van der Waals surface area contributed by atoms with Gasteiger partial charge in [-0.15, -0.1) is 0 Å². The first-order valence-corrected chi connectivity index (χ1v) is 24.5. The lowest BCUT2D eigenvalue weighted by molar-refractivity contribution is -0.144. The van der Waals surface area contributed by atoms with Crippen molar-refractivity contribution in [3.63, 3.8) is 0 Å². The third-order valence-electron chi connectivity index (χ3n) is 12.3. The quantitative estimate of drug-likeness (QED) is 0.0275. The van der Waals surface area contributed by atoms with Crippen LogP contribution in [0, 0.1) is 20.8 Å².